The van der Waals surface area contributed by atoms with E-state index in [1.807, 2.05) is 30.3 Å². The van der Waals surface area contributed by atoms with Gasteiger partial charge in [0.1, 0.15) is 17.5 Å². The number of nitrogens with one attached hydrogen (secondary N) is 1. The summed E-state index contributed by atoms with van der Waals surface area (Å²) in [4.78, 5) is 23.9. The Labute approximate surface area is 132 Å². The molecule has 5 nitrogen and oxygen atoms in total. The van der Waals surface area contributed by atoms with Gasteiger partial charge in [-0.05, 0) is 19.1 Å². The van der Waals surface area contributed by atoms with E-state index in [2.05, 4.69) is 10.5 Å². The van der Waals surface area contributed by atoms with E-state index < -0.39 is 0 Å². The van der Waals surface area contributed by atoms with E-state index in [4.69, 9.17) is 4.52 Å². The summed E-state index contributed by atoms with van der Waals surface area (Å²) in [7, 11) is 0. The quantitative estimate of drug-likeness (QED) is 0.744. The third-order valence-corrected chi connectivity index (χ3v) is 3.39. The highest BCUT2D eigenvalue weighted by atomic mass is 16.5. The van der Waals surface area contributed by atoms with Gasteiger partial charge in [0, 0.05) is 16.8 Å². The number of Topliss-reactive ketones (excluding diaryl/α,β-unsaturated/α-hetero) is 1. The van der Waals surface area contributed by atoms with Crippen molar-refractivity contribution in [2.24, 2.45) is 0 Å². The zero-order valence-electron chi connectivity index (χ0n) is 12.4. The molecule has 1 N–H and O–H groups in total. The zero-order valence-corrected chi connectivity index (χ0v) is 12.4. The fourth-order valence-corrected chi connectivity index (χ4v) is 2.22. The first-order valence-corrected chi connectivity index (χ1v) is 7.07. The maximum Gasteiger partial charge on any atom is 0.261 e. The lowest BCUT2D eigenvalue weighted by atomic mass is 10.1. The second-order valence-electron chi connectivity index (χ2n) is 5.03. The van der Waals surface area contributed by atoms with Crippen LogP contribution in [0.2, 0.25) is 0 Å². The summed E-state index contributed by atoms with van der Waals surface area (Å²) in [5.74, 6) is -0.401. The van der Waals surface area contributed by atoms with E-state index in [1.165, 1.54) is 13.2 Å². The van der Waals surface area contributed by atoms with Crippen molar-refractivity contribution in [1.29, 1.82) is 0 Å². The number of anilines is 1. The van der Waals surface area contributed by atoms with Gasteiger partial charge in [0.2, 0.25) is 0 Å². The number of hydrogen-bond donors (Lipinski definition) is 1. The van der Waals surface area contributed by atoms with Gasteiger partial charge in [0.15, 0.2) is 5.78 Å². The summed E-state index contributed by atoms with van der Waals surface area (Å²) in [5, 5.41) is 6.66. The highest BCUT2D eigenvalue weighted by Gasteiger charge is 2.17. The Morgan fingerprint density at radius 1 is 1.04 bits per heavy atom. The highest BCUT2D eigenvalue weighted by Crippen LogP contribution is 2.23. The Morgan fingerprint density at radius 3 is 2.57 bits per heavy atom. The standard InChI is InChI=1S/C18H14N2O3/c1-12(21)14-8-5-9-15(10-14)19-18(22)16-11-23-20-17(16)13-6-3-2-4-7-13/h2-11H,1H3,(H,19,22). The minimum atomic E-state index is -0.342. The molecule has 5 heteroatoms. The van der Waals surface area contributed by atoms with Crippen LogP contribution in [-0.2, 0) is 0 Å². The number of carbonyl (C=O) groups is 2. The molecule has 0 aliphatic rings. The van der Waals surface area contributed by atoms with Gasteiger partial charge in [0.05, 0.1) is 0 Å². The van der Waals surface area contributed by atoms with Crippen LogP contribution in [0.15, 0.2) is 65.4 Å². The smallest absolute Gasteiger partial charge is 0.261 e. The molecule has 0 spiro atoms. The van der Waals surface area contributed by atoms with Crippen LogP contribution in [0.3, 0.4) is 0 Å². The van der Waals surface area contributed by atoms with Crippen LogP contribution in [-0.4, -0.2) is 16.8 Å². The molecule has 0 fully saturated rings. The van der Waals surface area contributed by atoms with Crippen molar-refractivity contribution in [2.45, 2.75) is 6.92 Å². The number of benzene rings is 2. The second-order valence-corrected chi connectivity index (χ2v) is 5.03. The first-order valence-electron chi connectivity index (χ1n) is 7.07. The lowest BCUT2D eigenvalue weighted by Gasteiger charge is -2.06. The first kappa shape index (κ1) is 14.7. The predicted octanol–water partition coefficient (Wildman–Crippen LogP) is 3.80. The number of rotatable bonds is 4. The predicted molar refractivity (Wildman–Crippen MR) is 86.3 cm³/mol. The summed E-state index contributed by atoms with van der Waals surface area (Å²) in [5.41, 5.74) is 2.69. The summed E-state index contributed by atoms with van der Waals surface area (Å²) >= 11 is 0. The van der Waals surface area contributed by atoms with Gasteiger partial charge in [-0.3, -0.25) is 9.59 Å². The number of carbonyl (C=O) groups excluding carboxylic acids is 2. The fraction of sp³-hybridized carbons (Fsp3) is 0.0556. The van der Waals surface area contributed by atoms with Crippen molar-refractivity contribution < 1.29 is 14.1 Å². The lowest BCUT2D eigenvalue weighted by molar-refractivity contribution is 0.101. The number of ketones is 1. The normalized spacial score (nSPS) is 10.3. The summed E-state index contributed by atoms with van der Waals surface area (Å²) in [6.07, 6.45) is 1.31. The van der Waals surface area contributed by atoms with E-state index in [-0.39, 0.29) is 11.7 Å². The fourth-order valence-electron chi connectivity index (χ4n) is 2.22. The highest BCUT2D eigenvalue weighted by molar-refractivity contribution is 6.08. The third-order valence-electron chi connectivity index (χ3n) is 3.39. The van der Waals surface area contributed by atoms with Gasteiger partial charge in [-0.15, -0.1) is 0 Å². The van der Waals surface area contributed by atoms with Crippen LogP contribution in [0.25, 0.3) is 11.3 Å². The van der Waals surface area contributed by atoms with Crippen molar-refractivity contribution in [2.75, 3.05) is 5.32 Å². The average Bonchev–Trinajstić information content (AvgIpc) is 3.05. The maximum atomic E-state index is 12.5. The van der Waals surface area contributed by atoms with Gasteiger partial charge < -0.3 is 9.84 Å². The summed E-state index contributed by atoms with van der Waals surface area (Å²) in [6, 6.07) is 16.1. The molecule has 0 atom stereocenters. The molecule has 23 heavy (non-hydrogen) atoms. The molecule has 0 radical (unpaired) electrons. The largest absolute Gasteiger partial charge is 0.363 e. The molecular weight excluding hydrogens is 292 g/mol. The molecule has 1 amide bonds. The van der Waals surface area contributed by atoms with Gasteiger partial charge in [-0.1, -0.05) is 47.6 Å². The van der Waals surface area contributed by atoms with E-state index in [0.29, 0.717) is 22.5 Å². The summed E-state index contributed by atoms with van der Waals surface area (Å²) < 4.78 is 4.96. The van der Waals surface area contributed by atoms with Crippen molar-refractivity contribution >= 4 is 17.4 Å². The SMILES string of the molecule is CC(=O)c1cccc(NC(=O)c2conc2-c2ccccc2)c1. The number of amides is 1. The van der Waals surface area contributed by atoms with Crippen LogP contribution >= 0.6 is 0 Å². The van der Waals surface area contributed by atoms with Crippen molar-refractivity contribution in [3.05, 3.63) is 72.0 Å². The Hall–Kier alpha value is -3.21. The maximum absolute atomic E-state index is 12.5. The molecule has 3 aromatic rings. The topological polar surface area (TPSA) is 72.2 Å². The molecule has 1 aromatic heterocycles. The van der Waals surface area contributed by atoms with Crippen molar-refractivity contribution in [3.8, 4) is 11.3 Å². The first-order chi connectivity index (χ1) is 11.1. The van der Waals surface area contributed by atoms with E-state index in [0.717, 1.165) is 5.56 Å². The minimum absolute atomic E-state index is 0.0592. The second kappa shape index (κ2) is 6.27. The molecule has 0 saturated carbocycles. The molecule has 2 aromatic carbocycles. The van der Waals surface area contributed by atoms with Gasteiger partial charge in [-0.25, -0.2) is 0 Å². The van der Waals surface area contributed by atoms with Crippen LogP contribution in [0.5, 0.6) is 0 Å². The van der Waals surface area contributed by atoms with Gasteiger partial charge >= 0.3 is 0 Å². The Bertz CT molecular complexity index is 853. The Morgan fingerprint density at radius 2 is 1.83 bits per heavy atom. The molecule has 1 heterocycles. The molecule has 0 unspecified atom stereocenters. The van der Waals surface area contributed by atoms with Gasteiger partial charge in [-0.2, -0.15) is 0 Å². The van der Waals surface area contributed by atoms with Crippen LogP contribution in [0.4, 0.5) is 5.69 Å². The molecule has 0 aliphatic carbocycles. The molecule has 0 bridgehead atoms. The lowest BCUT2D eigenvalue weighted by Crippen LogP contribution is -2.12. The number of hydrogen-bond acceptors (Lipinski definition) is 4. The van der Waals surface area contributed by atoms with Crippen LogP contribution < -0.4 is 5.32 Å². The zero-order chi connectivity index (χ0) is 16.2. The van der Waals surface area contributed by atoms with E-state index >= 15 is 0 Å². The summed E-state index contributed by atoms with van der Waals surface area (Å²) in [6.45, 7) is 1.48. The minimum Gasteiger partial charge on any atom is -0.363 e. The van der Waals surface area contributed by atoms with Gasteiger partial charge in [0.25, 0.3) is 5.91 Å². The van der Waals surface area contributed by atoms with Crippen molar-refractivity contribution in [3.63, 3.8) is 0 Å². The Kier molecular flexibility index (Phi) is 4.01. The van der Waals surface area contributed by atoms with Crippen molar-refractivity contribution in [1.82, 2.24) is 5.16 Å². The molecule has 3 rings (SSSR count). The van der Waals surface area contributed by atoms with E-state index in [1.54, 1.807) is 24.3 Å². The number of aromatic nitrogens is 1. The monoisotopic (exact) mass is 306 g/mol. The average molecular weight is 306 g/mol. The number of nitrogens with zero attached hydrogens (tertiary/aromatic N) is 1. The van der Waals surface area contributed by atoms with Crippen LogP contribution in [0, 0.1) is 0 Å². The molecule has 0 saturated heterocycles. The third kappa shape index (κ3) is 3.18. The molecule has 114 valence electrons. The Balaban J connectivity index is 1.87. The van der Waals surface area contributed by atoms with Crippen LogP contribution in [0.1, 0.15) is 27.6 Å². The molecular formula is C18H14N2O3. The molecule has 0 aliphatic heterocycles. The van der Waals surface area contributed by atoms with E-state index in [9.17, 15) is 9.59 Å².